The zero-order valence-corrected chi connectivity index (χ0v) is 5.25. The minimum absolute atomic E-state index is 0.249. The zero-order chi connectivity index (χ0) is 6.57. The molecule has 0 aliphatic rings. The van der Waals surface area contributed by atoms with Crippen molar-refractivity contribution in [3.8, 4) is 0 Å². The first-order chi connectivity index (χ1) is 3.68. The molecule has 1 unspecified atom stereocenters. The van der Waals surface area contributed by atoms with E-state index in [4.69, 9.17) is 20.6 Å². The standard InChI is InChI=1S/C3H10NO3P/c4-2-1-3(5)8(6)7/h3,5-7H,1-2,4H2. The molecule has 0 aromatic heterocycles. The molecule has 0 aliphatic carbocycles. The fraction of sp³-hybridized carbons (Fsp3) is 1.00. The summed E-state index contributed by atoms with van der Waals surface area (Å²) in [6, 6.07) is 0. The van der Waals surface area contributed by atoms with Crippen LogP contribution < -0.4 is 5.73 Å². The molecule has 0 amide bonds. The van der Waals surface area contributed by atoms with E-state index in [2.05, 4.69) is 0 Å². The number of aliphatic hydroxyl groups excluding tert-OH is 1. The van der Waals surface area contributed by atoms with Crippen molar-refractivity contribution in [3.05, 3.63) is 0 Å². The summed E-state index contributed by atoms with van der Waals surface area (Å²) in [6.07, 6.45) is 0.249. The highest BCUT2D eigenvalue weighted by Crippen LogP contribution is 2.30. The summed E-state index contributed by atoms with van der Waals surface area (Å²) >= 11 is 0. The second kappa shape index (κ2) is 4.18. The SMILES string of the molecule is NCCC(O)P(O)O. The van der Waals surface area contributed by atoms with E-state index in [1.165, 1.54) is 0 Å². The van der Waals surface area contributed by atoms with Crippen LogP contribution in [0, 0.1) is 0 Å². The van der Waals surface area contributed by atoms with Gasteiger partial charge in [-0.1, -0.05) is 0 Å². The van der Waals surface area contributed by atoms with Crippen molar-refractivity contribution >= 4 is 8.38 Å². The monoisotopic (exact) mass is 139 g/mol. The molecule has 0 radical (unpaired) electrons. The fourth-order valence-corrected chi connectivity index (χ4v) is 0.645. The average molecular weight is 139 g/mol. The van der Waals surface area contributed by atoms with Crippen LogP contribution in [0.4, 0.5) is 0 Å². The minimum Gasteiger partial charge on any atom is -0.384 e. The van der Waals surface area contributed by atoms with Crippen LogP contribution >= 0.6 is 8.38 Å². The van der Waals surface area contributed by atoms with Crippen LogP contribution in [0.1, 0.15) is 6.42 Å². The predicted molar refractivity (Wildman–Crippen MR) is 31.0 cm³/mol. The first kappa shape index (κ1) is 8.27. The summed E-state index contributed by atoms with van der Waals surface area (Å²) in [4.78, 5) is 16.5. The van der Waals surface area contributed by atoms with Crippen molar-refractivity contribution in [1.82, 2.24) is 0 Å². The molecule has 5 N–H and O–H groups in total. The topological polar surface area (TPSA) is 86.7 Å². The molecule has 0 rings (SSSR count). The summed E-state index contributed by atoms with van der Waals surface area (Å²) in [5, 5.41) is 8.58. The Kier molecular flexibility index (Phi) is 4.32. The normalized spacial score (nSPS) is 14.6. The Balaban J connectivity index is 3.17. The van der Waals surface area contributed by atoms with Gasteiger partial charge in [0.25, 0.3) is 0 Å². The molecule has 4 nitrogen and oxygen atoms in total. The summed E-state index contributed by atoms with van der Waals surface area (Å²) in [5.74, 6) is -1.03. The maximum absolute atomic E-state index is 8.58. The van der Waals surface area contributed by atoms with E-state index in [1.54, 1.807) is 0 Å². The first-order valence-electron chi connectivity index (χ1n) is 2.23. The largest absolute Gasteiger partial charge is 0.384 e. The van der Waals surface area contributed by atoms with Gasteiger partial charge in [0.05, 0.1) is 0 Å². The quantitative estimate of drug-likeness (QED) is 0.376. The van der Waals surface area contributed by atoms with Gasteiger partial charge in [0, 0.05) is 0 Å². The Labute approximate surface area is 48.9 Å². The van der Waals surface area contributed by atoms with Gasteiger partial charge in [-0.15, -0.1) is 0 Å². The Morgan fingerprint density at radius 1 is 1.50 bits per heavy atom. The Bertz CT molecular complexity index is 60.5. The van der Waals surface area contributed by atoms with Crippen LogP contribution in [0.25, 0.3) is 0 Å². The Morgan fingerprint density at radius 3 is 2.12 bits per heavy atom. The molecule has 0 spiro atoms. The number of nitrogens with two attached hydrogens (primary N) is 1. The van der Waals surface area contributed by atoms with Gasteiger partial charge in [0.1, 0.15) is 5.85 Å². The van der Waals surface area contributed by atoms with E-state index in [9.17, 15) is 0 Å². The highest BCUT2D eigenvalue weighted by Gasteiger charge is 2.11. The highest BCUT2D eigenvalue weighted by atomic mass is 31.2. The third-order valence-electron chi connectivity index (χ3n) is 0.691. The third kappa shape index (κ3) is 3.29. The number of aliphatic hydroxyl groups is 1. The number of hydrogen-bond donors (Lipinski definition) is 4. The van der Waals surface area contributed by atoms with Gasteiger partial charge in [-0.2, -0.15) is 0 Å². The molecule has 0 heterocycles. The lowest BCUT2D eigenvalue weighted by Gasteiger charge is -2.08. The number of rotatable bonds is 3. The van der Waals surface area contributed by atoms with Crippen molar-refractivity contribution in [2.75, 3.05) is 6.54 Å². The van der Waals surface area contributed by atoms with E-state index in [1.807, 2.05) is 0 Å². The van der Waals surface area contributed by atoms with Crippen molar-refractivity contribution in [3.63, 3.8) is 0 Å². The van der Waals surface area contributed by atoms with E-state index in [0.29, 0.717) is 0 Å². The summed E-state index contributed by atoms with van der Waals surface area (Å²) in [6.45, 7) is 0.279. The minimum atomic E-state index is -2.19. The molecule has 0 saturated carbocycles. The molecule has 0 aromatic rings. The Hall–Kier alpha value is 0.270. The van der Waals surface area contributed by atoms with E-state index < -0.39 is 14.2 Å². The molecule has 50 valence electrons. The van der Waals surface area contributed by atoms with Crippen LogP contribution in [0.3, 0.4) is 0 Å². The summed E-state index contributed by atoms with van der Waals surface area (Å²) in [7, 11) is -2.19. The summed E-state index contributed by atoms with van der Waals surface area (Å²) in [5.41, 5.74) is 5.00. The summed E-state index contributed by atoms with van der Waals surface area (Å²) < 4.78 is 0. The lowest BCUT2D eigenvalue weighted by atomic mass is 10.5. The first-order valence-corrected chi connectivity index (χ1v) is 3.55. The fourth-order valence-electron chi connectivity index (χ4n) is 0.265. The third-order valence-corrected chi connectivity index (χ3v) is 1.48. The molecular formula is C3H10NO3P. The second-order valence-corrected chi connectivity index (χ2v) is 2.62. The maximum Gasteiger partial charge on any atom is 0.195 e. The lowest BCUT2D eigenvalue weighted by Crippen LogP contribution is -2.10. The van der Waals surface area contributed by atoms with Crippen molar-refractivity contribution < 1.29 is 14.9 Å². The van der Waals surface area contributed by atoms with Gasteiger partial charge < -0.3 is 20.6 Å². The van der Waals surface area contributed by atoms with Crippen molar-refractivity contribution in [2.24, 2.45) is 5.73 Å². The van der Waals surface area contributed by atoms with Crippen molar-refractivity contribution in [2.45, 2.75) is 12.3 Å². The average Bonchev–Trinajstić information content (AvgIpc) is 1.67. The molecule has 0 fully saturated rings. The van der Waals surface area contributed by atoms with Gasteiger partial charge >= 0.3 is 0 Å². The van der Waals surface area contributed by atoms with Crippen molar-refractivity contribution in [1.29, 1.82) is 0 Å². The smallest absolute Gasteiger partial charge is 0.195 e. The van der Waals surface area contributed by atoms with E-state index in [0.717, 1.165) is 0 Å². The van der Waals surface area contributed by atoms with Crippen LogP contribution in [-0.4, -0.2) is 27.3 Å². The molecule has 0 saturated heterocycles. The van der Waals surface area contributed by atoms with E-state index >= 15 is 0 Å². The molecule has 0 bridgehead atoms. The van der Waals surface area contributed by atoms with Gasteiger partial charge in [-0.05, 0) is 13.0 Å². The molecule has 5 heteroatoms. The van der Waals surface area contributed by atoms with Gasteiger partial charge in [-0.25, -0.2) is 0 Å². The molecule has 8 heavy (non-hydrogen) atoms. The Morgan fingerprint density at radius 2 is 2.00 bits per heavy atom. The van der Waals surface area contributed by atoms with Crippen LogP contribution in [0.5, 0.6) is 0 Å². The van der Waals surface area contributed by atoms with Crippen LogP contribution in [0.2, 0.25) is 0 Å². The van der Waals surface area contributed by atoms with Crippen LogP contribution in [0.15, 0.2) is 0 Å². The highest BCUT2D eigenvalue weighted by molar-refractivity contribution is 7.45. The molecular weight excluding hydrogens is 129 g/mol. The zero-order valence-electron chi connectivity index (χ0n) is 4.36. The molecule has 1 atom stereocenters. The molecule has 0 aromatic carbocycles. The van der Waals surface area contributed by atoms with Crippen LogP contribution in [-0.2, 0) is 0 Å². The van der Waals surface area contributed by atoms with Gasteiger partial charge in [0.15, 0.2) is 8.38 Å². The van der Waals surface area contributed by atoms with Gasteiger partial charge in [0.2, 0.25) is 0 Å². The second-order valence-electron chi connectivity index (χ2n) is 1.38. The lowest BCUT2D eigenvalue weighted by molar-refractivity contribution is 0.221. The molecule has 0 aliphatic heterocycles. The number of hydrogen-bond acceptors (Lipinski definition) is 4. The predicted octanol–water partition coefficient (Wildman–Crippen LogP) is -1.05. The van der Waals surface area contributed by atoms with E-state index in [-0.39, 0.29) is 13.0 Å². The van der Waals surface area contributed by atoms with Gasteiger partial charge in [-0.3, -0.25) is 0 Å². The maximum atomic E-state index is 8.58.